The standard InChI is InChI=1S/C20H22.4CH3.Zr/c1-3-7-19-15(5-1)9-11-17(19)13-14-18-12-10-16-6-2-4-8-20(16)18;;;;;/h1-8,17-18H,9-14H2;4*1H3;/q;4*-1;+4/t17-,18+;;;;;. The zero-order valence-electron chi connectivity index (χ0n) is 16.5. The summed E-state index contributed by atoms with van der Waals surface area (Å²) in [6.45, 7) is 0. The molecule has 0 nitrogen and oxygen atoms in total. The molecule has 0 fully saturated rings. The van der Waals surface area contributed by atoms with E-state index in [0.717, 1.165) is 11.8 Å². The smallest absolute Gasteiger partial charge is 0.358 e. The van der Waals surface area contributed by atoms with E-state index in [1.54, 1.807) is 22.3 Å². The van der Waals surface area contributed by atoms with Gasteiger partial charge in [0.1, 0.15) is 0 Å². The van der Waals surface area contributed by atoms with Crippen molar-refractivity contribution in [3.05, 3.63) is 100 Å². The van der Waals surface area contributed by atoms with Crippen LogP contribution in [0.5, 0.6) is 0 Å². The van der Waals surface area contributed by atoms with Gasteiger partial charge in [0.05, 0.1) is 0 Å². The van der Waals surface area contributed by atoms with Crippen LogP contribution in [-0.2, 0) is 39.0 Å². The Morgan fingerprint density at radius 2 is 0.960 bits per heavy atom. The predicted octanol–water partition coefficient (Wildman–Crippen LogP) is 7.03. The fraction of sp³-hybridized carbons (Fsp3) is 0.333. The van der Waals surface area contributed by atoms with Crippen molar-refractivity contribution in [1.29, 1.82) is 0 Å². The Balaban J connectivity index is 0. The average molecular weight is 414 g/mol. The van der Waals surface area contributed by atoms with Crippen LogP contribution in [0.25, 0.3) is 0 Å². The summed E-state index contributed by atoms with van der Waals surface area (Å²) in [5.41, 5.74) is 6.48. The maximum atomic E-state index is 2.36. The fourth-order valence-corrected chi connectivity index (χ4v) is 4.29. The van der Waals surface area contributed by atoms with Gasteiger partial charge in [0.2, 0.25) is 0 Å². The Labute approximate surface area is 176 Å². The molecule has 2 aromatic carbocycles. The Bertz CT molecular complexity index is 561. The molecule has 0 aliphatic heterocycles. The fourth-order valence-electron chi connectivity index (χ4n) is 4.29. The summed E-state index contributed by atoms with van der Waals surface area (Å²) in [6, 6.07) is 18.2. The van der Waals surface area contributed by atoms with Gasteiger partial charge in [-0.2, -0.15) is 0 Å². The minimum atomic E-state index is 0. The molecule has 2 atom stereocenters. The number of rotatable bonds is 3. The summed E-state index contributed by atoms with van der Waals surface area (Å²) in [5.74, 6) is 1.64. The van der Waals surface area contributed by atoms with E-state index in [1.807, 2.05) is 0 Å². The quantitative estimate of drug-likeness (QED) is 0.474. The molecule has 0 radical (unpaired) electrons. The molecular weight excluding hydrogens is 379 g/mol. The summed E-state index contributed by atoms with van der Waals surface area (Å²) in [6.07, 6.45) is 8.07. The van der Waals surface area contributed by atoms with E-state index in [2.05, 4.69) is 48.5 Å². The van der Waals surface area contributed by atoms with Gasteiger partial charge in [0.15, 0.2) is 0 Å². The summed E-state index contributed by atoms with van der Waals surface area (Å²) < 4.78 is 0. The van der Waals surface area contributed by atoms with Crippen LogP contribution in [0.4, 0.5) is 0 Å². The zero-order chi connectivity index (χ0) is 13.4. The van der Waals surface area contributed by atoms with Gasteiger partial charge in [-0.3, -0.25) is 0 Å². The Morgan fingerprint density at radius 3 is 1.36 bits per heavy atom. The molecule has 4 rings (SSSR count). The monoisotopic (exact) mass is 412 g/mol. The first-order valence-corrected chi connectivity index (χ1v) is 8.07. The summed E-state index contributed by atoms with van der Waals surface area (Å²) in [5, 5.41) is 0. The Kier molecular flexibility index (Phi) is 12.6. The minimum absolute atomic E-state index is 0. The molecule has 134 valence electrons. The van der Waals surface area contributed by atoms with Crippen LogP contribution < -0.4 is 0 Å². The van der Waals surface area contributed by atoms with Crippen molar-refractivity contribution < 1.29 is 26.2 Å². The van der Waals surface area contributed by atoms with Gasteiger partial charge in [-0.15, -0.1) is 0 Å². The largest absolute Gasteiger partial charge is 4.00 e. The van der Waals surface area contributed by atoms with E-state index in [1.165, 1.54) is 38.5 Å². The van der Waals surface area contributed by atoms with Crippen molar-refractivity contribution in [3.8, 4) is 0 Å². The number of fused-ring (bicyclic) bond motifs is 2. The SMILES string of the molecule is [CH3-].[CH3-].[CH3-].[CH3-].[Zr+4].c1ccc2c(c1)CC[C@@H]2CC[C@@H]1CCc2ccccc21. The Morgan fingerprint density at radius 1 is 0.600 bits per heavy atom. The third kappa shape index (κ3) is 5.40. The third-order valence-electron chi connectivity index (χ3n) is 5.38. The van der Waals surface area contributed by atoms with Crippen molar-refractivity contribution in [2.75, 3.05) is 0 Å². The number of hydrogen-bond donors (Lipinski definition) is 0. The van der Waals surface area contributed by atoms with Gasteiger partial charge in [0.25, 0.3) is 0 Å². The minimum Gasteiger partial charge on any atom is -0.358 e. The topological polar surface area (TPSA) is 0 Å². The van der Waals surface area contributed by atoms with Crippen molar-refractivity contribution in [2.24, 2.45) is 0 Å². The maximum Gasteiger partial charge on any atom is 4.00 e. The maximum absolute atomic E-state index is 2.36. The van der Waals surface area contributed by atoms with Crippen LogP contribution in [-0.4, -0.2) is 0 Å². The predicted molar refractivity (Wildman–Crippen MR) is 110 cm³/mol. The van der Waals surface area contributed by atoms with Crippen molar-refractivity contribution in [2.45, 2.75) is 50.4 Å². The van der Waals surface area contributed by atoms with Gasteiger partial charge in [-0.25, -0.2) is 0 Å². The first-order valence-electron chi connectivity index (χ1n) is 8.07. The first kappa shape index (κ1) is 26.6. The normalized spacial score (nSPS) is 18.9. The van der Waals surface area contributed by atoms with Crippen LogP contribution in [0.1, 0.15) is 59.8 Å². The molecule has 0 unspecified atom stereocenters. The van der Waals surface area contributed by atoms with Crippen LogP contribution in [0.3, 0.4) is 0 Å². The molecular formula is C24H34Zr. The molecule has 0 N–H and O–H groups in total. The van der Waals surface area contributed by atoms with Crippen LogP contribution in [0.15, 0.2) is 48.5 Å². The van der Waals surface area contributed by atoms with Crippen LogP contribution >= 0.6 is 0 Å². The average Bonchev–Trinajstić information content (AvgIpc) is 3.09. The molecule has 0 spiro atoms. The molecule has 0 bridgehead atoms. The number of hydrogen-bond acceptors (Lipinski definition) is 0. The van der Waals surface area contributed by atoms with Gasteiger partial charge in [0, 0.05) is 0 Å². The van der Waals surface area contributed by atoms with E-state index in [9.17, 15) is 0 Å². The van der Waals surface area contributed by atoms with Crippen molar-refractivity contribution in [1.82, 2.24) is 0 Å². The molecule has 2 aliphatic carbocycles. The van der Waals surface area contributed by atoms with Crippen molar-refractivity contribution in [3.63, 3.8) is 0 Å². The molecule has 2 aliphatic rings. The van der Waals surface area contributed by atoms with E-state index < -0.39 is 0 Å². The van der Waals surface area contributed by atoms with Gasteiger partial charge >= 0.3 is 26.2 Å². The summed E-state index contributed by atoms with van der Waals surface area (Å²) in [7, 11) is 0. The summed E-state index contributed by atoms with van der Waals surface area (Å²) in [4.78, 5) is 0. The molecule has 1 heteroatoms. The van der Waals surface area contributed by atoms with Crippen molar-refractivity contribution >= 4 is 0 Å². The van der Waals surface area contributed by atoms with Crippen LogP contribution in [0, 0.1) is 29.7 Å². The van der Waals surface area contributed by atoms with Gasteiger partial charge in [-0.05, 0) is 72.6 Å². The molecule has 0 saturated carbocycles. The van der Waals surface area contributed by atoms with Crippen LogP contribution in [0.2, 0.25) is 0 Å². The van der Waals surface area contributed by atoms with E-state index in [4.69, 9.17) is 0 Å². The molecule has 2 aromatic rings. The third-order valence-corrected chi connectivity index (χ3v) is 5.38. The number of aryl methyl sites for hydroxylation is 2. The second-order valence-corrected chi connectivity index (χ2v) is 6.45. The first-order chi connectivity index (χ1) is 9.92. The molecule has 0 amide bonds. The van der Waals surface area contributed by atoms with E-state index in [0.29, 0.717) is 0 Å². The molecule has 0 aromatic heterocycles. The molecule has 0 heterocycles. The second kappa shape index (κ2) is 11.8. The zero-order valence-corrected chi connectivity index (χ0v) is 19.0. The summed E-state index contributed by atoms with van der Waals surface area (Å²) >= 11 is 0. The van der Waals surface area contributed by atoms with Gasteiger partial charge in [-0.1, -0.05) is 48.5 Å². The van der Waals surface area contributed by atoms with E-state index in [-0.39, 0.29) is 55.9 Å². The second-order valence-electron chi connectivity index (χ2n) is 6.45. The number of benzene rings is 2. The van der Waals surface area contributed by atoms with E-state index >= 15 is 0 Å². The molecule has 25 heavy (non-hydrogen) atoms. The molecule has 0 saturated heterocycles. The van der Waals surface area contributed by atoms with Gasteiger partial charge < -0.3 is 29.7 Å². The Hall–Kier alpha value is -0.677.